The van der Waals surface area contributed by atoms with Gasteiger partial charge >= 0.3 is 0 Å². The molecule has 1 saturated heterocycles. The van der Waals surface area contributed by atoms with Crippen molar-refractivity contribution in [2.24, 2.45) is 0 Å². The predicted octanol–water partition coefficient (Wildman–Crippen LogP) is 1.05. The Bertz CT molecular complexity index is 389. The van der Waals surface area contributed by atoms with Gasteiger partial charge in [0.25, 0.3) is 0 Å². The molecule has 2 aliphatic heterocycles. The number of hydrogen-bond donors (Lipinski definition) is 1. The second-order valence-corrected chi connectivity index (χ2v) is 3.83. The highest BCUT2D eigenvalue weighted by Crippen LogP contribution is 2.38. The van der Waals surface area contributed by atoms with Gasteiger partial charge < -0.3 is 10.1 Å². The lowest BCUT2D eigenvalue weighted by Crippen LogP contribution is -2.36. The van der Waals surface area contributed by atoms with Crippen molar-refractivity contribution in [1.82, 2.24) is 5.32 Å². The Morgan fingerprint density at radius 2 is 2.21 bits per heavy atom. The first-order valence-corrected chi connectivity index (χ1v) is 4.86. The third kappa shape index (κ3) is 1.02. The summed E-state index contributed by atoms with van der Waals surface area (Å²) in [5, 5.41) is 2.93. The first kappa shape index (κ1) is 7.85. The van der Waals surface area contributed by atoms with E-state index in [1.807, 2.05) is 24.3 Å². The normalized spacial score (nSPS) is 28.7. The summed E-state index contributed by atoms with van der Waals surface area (Å²) < 4.78 is 5.57. The zero-order valence-electron chi connectivity index (χ0n) is 7.69. The van der Waals surface area contributed by atoms with Gasteiger partial charge in [0.1, 0.15) is 12.4 Å². The van der Waals surface area contributed by atoms with E-state index in [1.165, 1.54) is 5.56 Å². The molecule has 0 saturated carbocycles. The van der Waals surface area contributed by atoms with E-state index in [4.69, 9.17) is 4.74 Å². The zero-order chi connectivity index (χ0) is 9.54. The number of ether oxygens (including phenoxy) is 1. The summed E-state index contributed by atoms with van der Waals surface area (Å²) in [6, 6.07) is 8.15. The standard InChI is InChI=1S/C11H11NO2/c13-11-5-8-7-3-1-2-4-10(7)14-6-9(8)12-11/h1-4,8-9H,5-6H2,(H,12,13). The second kappa shape index (κ2) is 2.74. The SMILES string of the molecule is O=C1CC2c3ccccc3OCC2N1. The van der Waals surface area contributed by atoms with Crippen LogP contribution in [-0.4, -0.2) is 18.6 Å². The number of para-hydroxylation sites is 1. The molecule has 0 aliphatic carbocycles. The molecule has 2 aliphatic rings. The van der Waals surface area contributed by atoms with E-state index in [1.54, 1.807) is 0 Å². The fourth-order valence-electron chi connectivity index (χ4n) is 2.29. The third-order valence-electron chi connectivity index (χ3n) is 2.97. The van der Waals surface area contributed by atoms with Gasteiger partial charge in [-0.25, -0.2) is 0 Å². The maximum Gasteiger partial charge on any atom is 0.221 e. The van der Waals surface area contributed by atoms with Crippen molar-refractivity contribution in [1.29, 1.82) is 0 Å². The van der Waals surface area contributed by atoms with Crippen molar-refractivity contribution < 1.29 is 9.53 Å². The van der Waals surface area contributed by atoms with Crippen molar-refractivity contribution in [2.45, 2.75) is 18.4 Å². The molecule has 72 valence electrons. The molecule has 2 unspecified atom stereocenters. The number of nitrogens with one attached hydrogen (secondary N) is 1. The molecule has 1 amide bonds. The number of amides is 1. The average Bonchev–Trinajstić information content (AvgIpc) is 2.59. The number of hydrogen-bond acceptors (Lipinski definition) is 2. The molecule has 2 atom stereocenters. The van der Waals surface area contributed by atoms with Crippen LogP contribution in [0.3, 0.4) is 0 Å². The van der Waals surface area contributed by atoms with Gasteiger partial charge in [0.2, 0.25) is 5.91 Å². The van der Waals surface area contributed by atoms with Gasteiger partial charge in [0.15, 0.2) is 0 Å². The molecule has 14 heavy (non-hydrogen) atoms. The largest absolute Gasteiger partial charge is 0.491 e. The van der Waals surface area contributed by atoms with E-state index in [-0.39, 0.29) is 11.9 Å². The molecule has 1 fully saturated rings. The van der Waals surface area contributed by atoms with Gasteiger partial charge in [-0.3, -0.25) is 4.79 Å². The summed E-state index contributed by atoms with van der Waals surface area (Å²) >= 11 is 0. The maximum atomic E-state index is 11.3. The van der Waals surface area contributed by atoms with E-state index in [0.29, 0.717) is 18.9 Å². The van der Waals surface area contributed by atoms with Crippen LogP contribution in [-0.2, 0) is 4.79 Å². The van der Waals surface area contributed by atoms with Crippen LogP contribution >= 0.6 is 0 Å². The Kier molecular flexibility index (Phi) is 1.54. The van der Waals surface area contributed by atoms with E-state index in [0.717, 1.165) is 5.75 Å². The molecule has 0 bridgehead atoms. The molecule has 3 nitrogen and oxygen atoms in total. The summed E-state index contributed by atoms with van der Waals surface area (Å²) in [4.78, 5) is 11.3. The molecule has 3 heteroatoms. The molecule has 0 radical (unpaired) electrons. The quantitative estimate of drug-likeness (QED) is 0.662. The van der Waals surface area contributed by atoms with Crippen molar-refractivity contribution in [3.63, 3.8) is 0 Å². The van der Waals surface area contributed by atoms with Crippen LogP contribution in [0.4, 0.5) is 0 Å². The monoisotopic (exact) mass is 189 g/mol. The van der Waals surface area contributed by atoms with Crippen molar-refractivity contribution in [2.75, 3.05) is 6.61 Å². The molecule has 1 aromatic carbocycles. The summed E-state index contributed by atoms with van der Waals surface area (Å²) in [6.45, 7) is 0.605. The molecule has 0 spiro atoms. The fourth-order valence-corrected chi connectivity index (χ4v) is 2.29. The van der Waals surface area contributed by atoms with Crippen LogP contribution in [0.1, 0.15) is 17.9 Å². The molecule has 1 aromatic rings. The zero-order valence-corrected chi connectivity index (χ0v) is 7.69. The Balaban J connectivity index is 2.05. The highest BCUT2D eigenvalue weighted by Gasteiger charge is 2.38. The van der Waals surface area contributed by atoms with Crippen molar-refractivity contribution in [3.05, 3.63) is 29.8 Å². The topological polar surface area (TPSA) is 38.3 Å². The smallest absolute Gasteiger partial charge is 0.221 e. The summed E-state index contributed by atoms with van der Waals surface area (Å²) in [6.07, 6.45) is 0.602. The molecule has 0 aromatic heterocycles. The summed E-state index contributed by atoms with van der Waals surface area (Å²) in [5.41, 5.74) is 1.17. The minimum absolute atomic E-state index is 0.139. The van der Waals surface area contributed by atoms with Gasteiger partial charge in [0.05, 0.1) is 6.04 Å². The van der Waals surface area contributed by atoms with Crippen molar-refractivity contribution >= 4 is 5.91 Å². The van der Waals surface area contributed by atoms with Gasteiger partial charge in [-0.05, 0) is 11.6 Å². The van der Waals surface area contributed by atoms with Crippen LogP contribution < -0.4 is 10.1 Å². The Morgan fingerprint density at radius 1 is 1.36 bits per heavy atom. The maximum absolute atomic E-state index is 11.3. The van der Waals surface area contributed by atoms with Crippen LogP contribution in [0.15, 0.2) is 24.3 Å². The van der Waals surface area contributed by atoms with Gasteiger partial charge in [-0.2, -0.15) is 0 Å². The molecule has 1 N–H and O–H groups in total. The van der Waals surface area contributed by atoms with Crippen molar-refractivity contribution in [3.8, 4) is 5.75 Å². The van der Waals surface area contributed by atoms with E-state index in [2.05, 4.69) is 5.32 Å². The number of fused-ring (bicyclic) bond motifs is 3. The molecular formula is C11H11NO2. The van der Waals surface area contributed by atoms with Crippen LogP contribution in [0, 0.1) is 0 Å². The highest BCUT2D eigenvalue weighted by molar-refractivity contribution is 5.80. The second-order valence-electron chi connectivity index (χ2n) is 3.83. The highest BCUT2D eigenvalue weighted by atomic mass is 16.5. The number of carbonyl (C=O) groups is 1. The first-order chi connectivity index (χ1) is 6.84. The molecule has 3 rings (SSSR count). The molecule has 2 heterocycles. The Morgan fingerprint density at radius 3 is 3.14 bits per heavy atom. The van der Waals surface area contributed by atoms with Crippen LogP contribution in [0.2, 0.25) is 0 Å². The number of benzene rings is 1. The molecular weight excluding hydrogens is 178 g/mol. The Hall–Kier alpha value is -1.51. The minimum atomic E-state index is 0.139. The predicted molar refractivity (Wildman–Crippen MR) is 51.2 cm³/mol. The van der Waals surface area contributed by atoms with Crippen LogP contribution in [0.25, 0.3) is 0 Å². The van der Waals surface area contributed by atoms with E-state index >= 15 is 0 Å². The van der Waals surface area contributed by atoms with Gasteiger partial charge in [-0.1, -0.05) is 18.2 Å². The third-order valence-corrected chi connectivity index (χ3v) is 2.97. The van der Waals surface area contributed by atoms with E-state index in [9.17, 15) is 4.79 Å². The summed E-state index contributed by atoms with van der Waals surface area (Å²) in [7, 11) is 0. The van der Waals surface area contributed by atoms with Gasteiger partial charge in [-0.15, -0.1) is 0 Å². The van der Waals surface area contributed by atoms with E-state index < -0.39 is 0 Å². The lowest BCUT2D eigenvalue weighted by Gasteiger charge is -2.27. The lowest BCUT2D eigenvalue weighted by atomic mass is 9.90. The minimum Gasteiger partial charge on any atom is -0.491 e. The fraction of sp³-hybridized carbons (Fsp3) is 0.364. The van der Waals surface area contributed by atoms with Crippen LogP contribution in [0.5, 0.6) is 5.75 Å². The van der Waals surface area contributed by atoms with Gasteiger partial charge in [0, 0.05) is 12.3 Å². The Labute approximate surface area is 82.1 Å². The lowest BCUT2D eigenvalue weighted by molar-refractivity contribution is -0.119. The first-order valence-electron chi connectivity index (χ1n) is 4.86. The number of carbonyl (C=O) groups excluding carboxylic acids is 1. The average molecular weight is 189 g/mol. The number of rotatable bonds is 0. The summed E-state index contributed by atoms with van der Waals surface area (Å²) in [5.74, 6) is 1.39.